The molecule has 50 valence electrons. The zero-order chi connectivity index (χ0) is 7.86. The Morgan fingerprint density at radius 2 is 1.78 bits per heavy atom. The molecule has 0 unspecified atom stereocenters. The van der Waals surface area contributed by atoms with E-state index in [9.17, 15) is 4.79 Å². The van der Waals surface area contributed by atoms with Gasteiger partial charge in [-0.3, -0.25) is 4.79 Å². The van der Waals surface area contributed by atoms with E-state index in [2.05, 4.69) is 0 Å². The molecular weight excluding hydrogens is 198 g/mol. The average Bonchev–Trinajstić information content (AvgIpc) is 1.65. The maximum atomic E-state index is 9.37. The number of carbonyl (C=O) groups is 1. The van der Waals surface area contributed by atoms with E-state index in [1.54, 1.807) is 6.92 Å². The second kappa shape index (κ2) is 9.20. The van der Waals surface area contributed by atoms with Gasteiger partial charge in [0.2, 0.25) is 0 Å². The molecule has 0 saturated heterocycles. The summed E-state index contributed by atoms with van der Waals surface area (Å²) in [7, 11) is 0. The summed E-state index contributed by atoms with van der Waals surface area (Å²) in [4.78, 5) is 9.37. The predicted octanol–water partition coefficient (Wildman–Crippen LogP) is -1.10. The number of carboxylic acids is 1. The molecule has 4 nitrogen and oxygen atoms in total. The van der Waals surface area contributed by atoms with Gasteiger partial charge < -0.3 is 5.11 Å². The van der Waals surface area contributed by atoms with Gasteiger partial charge in [-0.25, -0.2) is 0 Å². The normalized spacial score (nSPS) is 8.22. The number of carboxylic acid groups (broad SMARTS) is 1. The summed E-state index contributed by atoms with van der Waals surface area (Å²) < 4.78 is -0.957. The molecule has 0 aromatic carbocycles. The molecule has 0 heterocycles. The molecule has 0 aliphatic carbocycles. The minimum atomic E-state index is -0.957. The van der Waals surface area contributed by atoms with Crippen molar-refractivity contribution in [3.05, 3.63) is 0 Å². The van der Waals surface area contributed by atoms with E-state index in [0.29, 0.717) is 0 Å². The molecule has 0 spiro atoms. The molecule has 5 heteroatoms. The van der Waals surface area contributed by atoms with Gasteiger partial charge in [0.1, 0.15) is 0 Å². The van der Waals surface area contributed by atoms with Crippen molar-refractivity contribution in [2.75, 3.05) is 0 Å². The van der Waals surface area contributed by atoms with E-state index in [1.807, 2.05) is 0 Å². The van der Waals surface area contributed by atoms with Crippen molar-refractivity contribution in [1.29, 1.82) is 0 Å². The molecule has 0 atom stereocenters. The molecule has 0 amide bonds. The van der Waals surface area contributed by atoms with E-state index in [1.165, 1.54) is 0 Å². The summed E-state index contributed by atoms with van der Waals surface area (Å²) >= 11 is 0.0411. The predicted molar refractivity (Wildman–Crippen MR) is 31.9 cm³/mol. The van der Waals surface area contributed by atoms with E-state index < -0.39 is 5.33 Å². The fraction of sp³-hybridized carbons (Fsp3) is 0.750. The summed E-state index contributed by atoms with van der Waals surface area (Å²) in [6, 6.07) is 0. The standard InChI is InChI=1S/C3H6O2.CH3O2.Rb/c1-2-3(4)5;2-1-3;/h2H2,1H3,(H,4,5);1-3H;. The second-order valence-electron chi connectivity index (χ2n) is 1.38. The number of aliphatic hydroxyl groups is 2. The third-order valence-corrected chi connectivity index (χ3v) is 0.302. The van der Waals surface area contributed by atoms with Gasteiger partial charge in [0, 0.05) is 6.42 Å². The first-order valence-corrected chi connectivity index (χ1v) is 5.42. The summed E-state index contributed by atoms with van der Waals surface area (Å²) in [6.07, 6.45) is 0.222. The molecular formula is C4H9O4Rb. The van der Waals surface area contributed by atoms with E-state index in [4.69, 9.17) is 15.3 Å². The van der Waals surface area contributed by atoms with Gasteiger partial charge in [0.15, 0.2) is 0 Å². The summed E-state index contributed by atoms with van der Waals surface area (Å²) in [6.45, 7) is 1.60. The Bertz CT molecular complexity index is 70.2. The van der Waals surface area contributed by atoms with E-state index in [0.717, 1.165) is 0 Å². The summed E-state index contributed by atoms with van der Waals surface area (Å²) in [5, 5.41) is 23.1. The number of rotatable bonds is 1. The van der Waals surface area contributed by atoms with Gasteiger partial charge in [-0.1, -0.05) is 6.92 Å². The minimum absolute atomic E-state index is 0.0411. The molecule has 0 aliphatic heterocycles. The van der Waals surface area contributed by atoms with Gasteiger partial charge in [-0.2, -0.15) is 0 Å². The first-order chi connectivity index (χ1) is 4.00. The third-order valence-electron chi connectivity index (χ3n) is 0.302. The summed E-state index contributed by atoms with van der Waals surface area (Å²) in [5.41, 5.74) is 0. The topological polar surface area (TPSA) is 77.8 Å². The molecule has 0 rings (SSSR count). The van der Waals surface area contributed by atoms with Crippen molar-refractivity contribution >= 4 is 61.5 Å². The van der Waals surface area contributed by atoms with Crippen molar-refractivity contribution < 1.29 is 20.1 Å². The Labute approximate surface area is 92.6 Å². The molecule has 0 fully saturated rings. The van der Waals surface area contributed by atoms with Crippen LogP contribution < -0.4 is 0 Å². The van der Waals surface area contributed by atoms with Crippen molar-refractivity contribution in [3.8, 4) is 0 Å². The SMILES string of the molecule is CCC(=O)O.O[CH](O)[Rb]. The molecule has 0 aromatic rings. The van der Waals surface area contributed by atoms with Crippen molar-refractivity contribution in [3.63, 3.8) is 0 Å². The molecule has 0 radical (unpaired) electrons. The van der Waals surface area contributed by atoms with Crippen LogP contribution in [0.4, 0.5) is 0 Å². The second-order valence-corrected chi connectivity index (χ2v) is 3.92. The van der Waals surface area contributed by atoms with Crippen molar-refractivity contribution in [1.82, 2.24) is 0 Å². The van der Waals surface area contributed by atoms with Gasteiger partial charge in [-0.05, 0) is 0 Å². The molecule has 0 saturated carbocycles. The Morgan fingerprint density at radius 3 is 1.78 bits per heavy atom. The van der Waals surface area contributed by atoms with Crippen LogP contribution in [0.5, 0.6) is 0 Å². The zero-order valence-electron chi connectivity index (χ0n) is 5.53. The fourth-order valence-corrected chi connectivity index (χ4v) is 0. The Hall–Kier alpha value is 1.20. The van der Waals surface area contributed by atoms with Crippen molar-refractivity contribution in [2.24, 2.45) is 0 Å². The van der Waals surface area contributed by atoms with Crippen LogP contribution in [0.15, 0.2) is 0 Å². The Balaban J connectivity index is 0. The van der Waals surface area contributed by atoms with Crippen LogP contribution in [0.3, 0.4) is 0 Å². The van der Waals surface area contributed by atoms with Crippen LogP contribution in [0.2, 0.25) is 0 Å². The van der Waals surface area contributed by atoms with Crippen LogP contribution in [-0.2, 0) is 4.79 Å². The van der Waals surface area contributed by atoms with Crippen LogP contribution in [0.1, 0.15) is 13.3 Å². The first-order valence-electron chi connectivity index (χ1n) is 2.58. The number of aliphatic carboxylic acids is 1. The third kappa shape index (κ3) is 46.6. The van der Waals surface area contributed by atoms with Gasteiger partial charge in [0.05, 0.1) is 0 Å². The van der Waals surface area contributed by atoms with E-state index >= 15 is 0 Å². The van der Waals surface area contributed by atoms with Gasteiger partial charge in [-0.15, -0.1) is 0 Å². The number of hydrogen-bond donors (Lipinski definition) is 3. The van der Waals surface area contributed by atoms with Crippen LogP contribution >= 0.6 is 0 Å². The average molecular weight is 207 g/mol. The Morgan fingerprint density at radius 1 is 1.67 bits per heavy atom. The van der Waals surface area contributed by atoms with Crippen LogP contribution in [0.25, 0.3) is 0 Å². The fourth-order valence-electron chi connectivity index (χ4n) is 0. The van der Waals surface area contributed by atoms with Crippen LogP contribution in [-0.4, -0.2) is 76.2 Å². The number of aliphatic hydroxyl groups excluding tert-OH is 1. The quantitative estimate of drug-likeness (QED) is 0.476. The van der Waals surface area contributed by atoms with Crippen molar-refractivity contribution in [2.45, 2.75) is 12.7 Å². The Kier molecular flexibility index (Phi) is 13.1. The monoisotopic (exact) mass is 206 g/mol. The van der Waals surface area contributed by atoms with Crippen LogP contribution in [0, 0.1) is 0 Å². The molecule has 0 aromatic heterocycles. The van der Waals surface area contributed by atoms with Gasteiger partial charge >= 0.3 is 71.1 Å². The first kappa shape index (κ1) is 12.8. The van der Waals surface area contributed by atoms with E-state index in [-0.39, 0.29) is 62.0 Å². The molecule has 0 aliphatic rings. The summed E-state index contributed by atoms with van der Waals surface area (Å²) in [5.74, 6) is -0.745. The number of hydrogen-bond acceptors (Lipinski definition) is 3. The zero-order valence-corrected chi connectivity index (χ0v) is 10.5. The van der Waals surface area contributed by atoms with Gasteiger partial charge in [0.25, 0.3) is 0 Å². The molecule has 9 heavy (non-hydrogen) atoms. The maximum absolute atomic E-state index is 9.37. The molecule has 3 N–H and O–H groups in total. The molecule has 0 bridgehead atoms.